The maximum Gasteiger partial charge on any atom is 0.321 e. The van der Waals surface area contributed by atoms with Crippen molar-refractivity contribution >= 4 is 10.8 Å². The molecule has 1 aromatic heterocycles. The highest BCUT2D eigenvalue weighted by molar-refractivity contribution is 5.83. The predicted molar refractivity (Wildman–Crippen MR) is 83.4 cm³/mol. The molecule has 2 N–H and O–H groups in total. The van der Waals surface area contributed by atoms with Crippen LogP contribution in [-0.4, -0.2) is 16.0 Å². The normalized spacial score (nSPS) is 12.3. The fraction of sp³-hybridized carbons (Fsp3) is 0.176. The zero-order valence-electron chi connectivity index (χ0n) is 11.9. The quantitative estimate of drug-likeness (QED) is 0.796. The summed E-state index contributed by atoms with van der Waals surface area (Å²) in [6.45, 7) is 1.96. The van der Waals surface area contributed by atoms with E-state index < -0.39 is 0 Å². The smallest absolute Gasteiger partial charge is 0.321 e. The number of nitrogens with two attached hydrogens (primary N) is 1. The van der Waals surface area contributed by atoms with Crippen LogP contribution in [0.25, 0.3) is 10.8 Å². The second-order valence-corrected chi connectivity index (χ2v) is 5.17. The summed E-state index contributed by atoms with van der Waals surface area (Å²) < 4.78 is 5.69. The standard InChI is InChI=1S/C17H17N3O/c1-12(18)8-13-10-19-17(20-11-13)21-16-7-6-14-4-2-3-5-15(14)9-16/h2-7,9-12H,8,18H2,1H3. The maximum absolute atomic E-state index is 5.75. The van der Waals surface area contributed by atoms with Gasteiger partial charge in [-0.2, -0.15) is 0 Å². The van der Waals surface area contributed by atoms with E-state index >= 15 is 0 Å². The average Bonchev–Trinajstić information content (AvgIpc) is 2.49. The van der Waals surface area contributed by atoms with E-state index in [-0.39, 0.29) is 6.04 Å². The highest BCUT2D eigenvalue weighted by Gasteiger charge is 2.03. The molecular formula is C17H17N3O. The molecule has 1 unspecified atom stereocenters. The summed E-state index contributed by atoms with van der Waals surface area (Å²) in [4.78, 5) is 8.44. The van der Waals surface area contributed by atoms with Crippen molar-refractivity contribution in [3.63, 3.8) is 0 Å². The van der Waals surface area contributed by atoms with E-state index in [2.05, 4.69) is 22.1 Å². The van der Waals surface area contributed by atoms with Crippen LogP contribution in [-0.2, 0) is 6.42 Å². The molecule has 21 heavy (non-hydrogen) atoms. The third-order valence-corrected chi connectivity index (χ3v) is 3.17. The molecule has 4 heteroatoms. The molecule has 0 radical (unpaired) electrons. The van der Waals surface area contributed by atoms with Gasteiger partial charge in [-0.15, -0.1) is 0 Å². The highest BCUT2D eigenvalue weighted by atomic mass is 16.5. The van der Waals surface area contributed by atoms with Gasteiger partial charge in [0.1, 0.15) is 5.75 Å². The lowest BCUT2D eigenvalue weighted by Crippen LogP contribution is -2.17. The minimum Gasteiger partial charge on any atom is -0.424 e. The number of fused-ring (bicyclic) bond motifs is 1. The Morgan fingerprint density at radius 2 is 1.76 bits per heavy atom. The van der Waals surface area contributed by atoms with E-state index in [1.54, 1.807) is 12.4 Å². The maximum atomic E-state index is 5.75. The lowest BCUT2D eigenvalue weighted by molar-refractivity contribution is 0.441. The van der Waals surface area contributed by atoms with Crippen molar-refractivity contribution in [2.45, 2.75) is 19.4 Å². The SMILES string of the molecule is CC(N)Cc1cnc(Oc2ccc3ccccc3c2)nc1. The number of nitrogens with zero attached hydrogens (tertiary/aromatic N) is 2. The molecule has 0 amide bonds. The summed E-state index contributed by atoms with van der Waals surface area (Å²) in [6.07, 6.45) is 4.27. The van der Waals surface area contributed by atoms with Crippen LogP contribution in [0.4, 0.5) is 0 Å². The van der Waals surface area contributed by atoms with Gasteiger partial charge in [-0.3, -0.25) is 0 Å². The van der Waals surface area contributed by atoms with Crippen molar-refractivity contribution in [1.82, 2.24) is 9.97 Å². The van der Waals surface area contributed by atoms with Crippen molar-refractivity contribution in [3.05, 3.63) is 60.4 Å². The van der Waals surface area contributed by atoms with Gasteiger partial charge in [0, 0.05) is 18.4 Å². The Morgan fingerprint density at radius 3 is 2.48 bits per heavy atom. The fourth-order valence-corrected chi connectivity index (χ4v) is 2.21. The molecule has 0 saturated heterocycles. The Hall–Kier alpha value is -2.46. The van der Waals surface area contributed by atoms with E-state index in [4.69, 9.17) is 10.5 Å². The first-order valence-corrected chi connectivity index (χ1v) is 6.94. The number of rotatable bonds is 4. The Morgan fingerprint density at radius 1 is 1.05 bits per heavy atom. The van der Waals surface area contributed by atoms with Gasteiger partial charge in [0.2, 0.25) is 0 Å². The van der Waals surface area contributed by atoms with Gasteiger partial charge in [0.15, 0.2) is 0 Å². The van der Waals surface area contributed by atoms with Gasteiger partial charge in [0.05, 0.1) is 0 Å². The molecule has 0 aliphatic carbocycles. The van der Waals surface area contributed by atoms with E-state index in [0.717, 1.165) is 23.1 Å². The largest absolute Gasteiger partial charge is 0.424 e. The van der Waals surface area contributed by atoms with E-state index in [1.165, 1.54) is 5.39 Å². The van der Waals surface area contributed by atoms with E-state index in [0.29, 0.717) is 6.01 Å². The van der Waals surface area contributed by atoms with Crippen LogP contribution in [0.5, 0.6) is 11.8 Å². The minimum absolute atomic E-state index is 0.0980. The summed E-state index contributed by atoms with van der Waals surface area (Å²) in [5, 5.41) is 2.31. The molecule has 0 aliphatic rings. The van der Waals surface area contributed by atoms with Crippen molar-refractivity contribution in [1.29, 1.82) is 0 Å². The number of aromatic nitrogens is 2. The van der Waals surface area contributed by atoms with Gasteiger partial charge in [0.25, 0.3) is 0 Å². The van der Waals surface area contributed by atoms with Crippen molar-refractivity contribution in [2.75, 3.05) is 0 Å². The van der Waals surface area contributed by atoms with Crippen LogP contribution in [0.1, 0.15) is 12.5 Å². The van der Waals surface area contributed by atoms with E-state index in [1.807, 2.05) is 37.3 Å². The molecule has 4 nitrogen and oxygen atoms in total. The molecule has 0 saturated carbocycles. The third kappa shape index (κ3) is 3.35. The molecular weight excluding hydrogens is 262 g/mol. The van der Waals surface area contributed by atoms with Crippen molar-refractivity contribution < 1.29 is 4.74 Å². The number of ether oxygens (including phenoxy) is 1. The predicted octanol–water partition coefficient (Wildman–Crippen LogP) is 3.31. The Bertz CT molecular complexity index is 738. The molecule has 0 bridgehead atoms. The van der Waals surface area contributed by atoms with Gasteiger partial charge >= 0.3 is 6.01 Å². The Balaban J connectivity index is 1.78. The van der Waals surface area contributed by atoms with E-state index in [9.17, 15) is 0 Å². The molecule has 0 spiro atoms. The van der Waals surface area contributed by atoms with Gasteiger partial charge in [-0.1, -0.05) is 30.3 Å². The number of hydrogen-bond donors (Lipinski definition) is 1. The first-order chi connectivity index (χ1) is 10.2. The van der Waals surface area contributed by atoms with Crippen LogP contribution in [0.2, 0.25) is 0 Å². The van der Waals surface area contributed by atoms with Crippen LogP contribution in [0.3, 0.4) is 0 Å². The summed E-state index contributed by atoms with van der Waals surface area (Å²) in [7, 11) is 0. The Kier molecular flexibility index (Phi) is 3.79. The fourth-order valence-electron chi connectivity index (χ4n) is 2.21. The molecule has 3 rings (SSSR count). The van der Waals surface area contributed by atoms with Crippen molar-refractivity contribution in [3.8, 4) is 11.8 Å². The molecule has 2 aromatic carbocycles. The highest BCUT2D eigenvalue weighted by Crippen LogP contribution is 2.23. The number of hydrogen-bond acceptors (Lipinski definition) is 4. The van der Waals surface area contributed by atoms with Crippen LogP contribution < -0.4 is 10.5 Å². The summed E-state index contributed by atoms with van der Waals surface area (Å²) >= 11 is 0. The Labute approximate surface area is 123 Å². The molecule has 0 aliphatic heterocycles. The number of benzene rings is 2. The molecule has 0 fully saturated rings. The monoisotopic (exact) mass is 279 g/mol. The molecule has 3 aromatic rings. The second kappa shape index (κ2) is 5.89. The minimum atomic E-state index is 0.0980. The van der Waals surface area contributed by atoms with Crippen LogP contribution in [0.15, 0.2) is 54.9 Å². The van der Waals surface area contributed by atoms with Crippen molar-refractivity contribution in [2.24, 2.45) is 5.73 Å². The lowest BCUT2D eigenvalue weighted by Gasteiger charge is -2.07. The topological polar surface area (TPSA) is 61.0 Å². The summed E-state index contributed by atoms with van der Waals surface area (Å²) in [5.74, 6) is 0.730. The first kappa shape index (κ1) is 13.5. The molecule has 106 valence electrons. The second-order valence-electron chi connectivity index (χ2n) is 5.17. The van der Waals surface area contributed by atoms with Gasteiger partial charge < -0.3 is 10.5 Å². The summed E-state index contributed by atoms with van der Waals surface area (Å²) in [5.41, 5.74) is 6.76. The van der Waals surface area contributed by atoms with Crippen LogP contribution >= 0.6 is 0 Å². The van der Waals surface area contributed by atoms with Gasteiger partial charge in [-0.05, 0) is 41.8 Å². The average molecular weight is 279 g/mol. The zero-order valence-corrected chi connectivity index (χ0v) is 11.9. The van der Waals surface area contributed by atoms with Crippen LogP contribution in [0, 0.1) is 0 Å². The first-order valence-electron chi connectivity index (χ1n) is 6.94. The van der Waals surface area contributed by atoms with Gasteiger partial charge in [-0.25, -0.2) is 9.97 Å². The molecule has 1 heterocycles. The zero-order chi connectivity index (χ0) is 14.7. The lowest BCUT2D eigenvalue weighted by atomic mass is 10.1. The third-order valence-electron chi connectivity index (χ3n) is 3.17. The summed E-state index contributed by atoms with van der Waals surface area (Å²) in [6, 6.07) is 14.5. The molecule has 1 atom stereocenters.